The van der Waals surface area contributed by atoms with Crippen LogP contribution in [0, 0.1) is 0 Å². The third-order valence-electron chi connectivity index (χ3n) is 8.55. The summed E-state index contributed by atoms with van der Waals surface area (Å²) in [6.07, 6.45) is -32.1. The quantitative estimate of drug-likeness (QED) is 0.101. The minimum absolute atomic E-state index is 0.634. The molecule has 1 amide bonds. The van der Waals surface area contributed by atoms with Crippen molar-refractivity contribution in [3.8, 4) is 0 Å². The zero-order chi connectivity index (χ0) is 34.9. The Labute approximate surface area is 267 Å². The van der Waals surface area contributed by atoms with Gasteiger partial charge in [-0.3, -0.25) is 4.79 Å². The second-order valence-electron chi connectivity index (χ2n) is 11.9. The average molecular weight is 692 g/mol. The molecule has 274 valence electrons. The second-order valence-corrected chi connectivity index (χ2v) is 11.9. The Morgan fingerprint density at radius 2 is 1.13 bits per heavy atom. The number of amides is 1. The lowest BCUT2D eigenvalue weighted by Gasteiger charge is -2.48. The van der Waals surface area contributed by atoms with Gasteiger partial charge < -0.3 is 99.8 Å². The number of carbonyl (C=O) groups excluding carboxylic acids is 1. The van der Waals surface area contributed by atoms with Gasteiger partial charge in [0.1, 0.15) is 91.5 Å². The van der Waals surface area contributed by atoms with Crippen LogP contribution in [0.1, 0.15) is 13.8 Å². The Balaban J connectivity index is 1.51. The number of hydrogen-bond donors (Lipinski definition) is 13. The molecule has 1 unspecified atom stereocenters. The Kier molecular flexibility index (Phi) is 13.2. The van der Waals surface area contributed by atoms with Crippen LogP contribution in [0.3, 0.4) is 0 Å². The van der Waals surface area contributed by atoms with Gasteiger partial charge in [-0.1, -0.05) is 0 Å². The maximum atomic E-state index is 11.7. The molecular formula is C26H45NO20. The van der Waals surface area contributed by atoms with Gasteiger partial charge in [0.05, 0.1) is 25.9 Å². The first kappa shape index (κ1) is 38.5. The van der Waals surface area contributed by atoms with Gasteiger partial charge in [0.25, 0.3) is 0 Å². The average Bonchev–Trinajstić information content (AvgIpc) is 3.04. The number of rotatable bonds is 10. The summed E-state index contributed by atoms with van der Waals surface area (Å²) in [5, 5.41) is 126. The summed E-state index contributed by atoms with van der Waals surface area (Å²) in [7, 11) is 0. The molecule has 4 saturated heterocycles. The lowest BCUT2D eigenvalue weighted by Crippen LogP contribution is -2.67. The molecule has 21 nitrogen and oxygen atoms in total. The van der Waals surface area contributed by atoms with E-state index in [9.17, 15) is 66.1 Å². The molecule has 0 radical (unpaired) electrons. The number of ether oxygens (including phenoxy) is 7. The third-order valence-corrected chi connectivity index (χ3v) is 8.55. The van der Waals surface area contributed by atoms with Crippen molar-refractivity contribution in [3.63, 3.8) is 0 Å². The molecule has 4 aliphatic heterocycles. The van der Waals surface area contributed by atoms with Crippen molar-refractivity contribution in [1.29, 1.82) is 0 Å². The molecule has 0 aromatic rings. The first-order valence-corrected chi connectivity index (χ1v) is 14.9. The van der Waals surface area contributed by atoms with Crippen molar-refractivity contribution < 1.29 is 99.2 Å². The van der Waals surface area contributed by atoms with Gasteiger partial charge in [-0.25, -0.2) is 0 Å². The lowest BCUT2D eigenvalue weighted by atomic mass is 9.96. The Morgan fingerprint density at radius 1 is 0.596 bits per heavy atom. The van der Waals surface area contributed by atoms with Crippen molar-refractivity contribution in [2.24, 2.45) is 0 Å². The predicted molar refractivity (Wildman–Crippen MR) is 144 cm³/mol. The molecule has 0 aliphatic carbocycles. The van der Waals surface area contributed by atoms with Gasteiger partial charge in [0.2, 0.25) is 5.91 Å². The van der Waals surface area contributed by atoms with Gasteiger partial charge in [0, 0.05) is 6.92 Å². The van der Waals surface area contributed by atoms with E-state index in [1.165, 1.54) is 6.92 Å². The maximum absolute atomic E-state index is 11.7. The van der Waals surface area contributed by atoms with Crippen LogP contribution in [0.5, 0.6) is 0 Å². The molecule has 0 bridgehead atoms. The van der Waals surface area contributed by atoms with Crippen LogP contribution in [-0.2, 0) is 38.0 Å². The predicted octanol–water partition coefficient (Wildman–Crippen LogP) is -8.58. The summed E-state index contributed by atoms with van der Waals surface area (Å²) in [5.74, 6) is -0.634. The number of nitrogens with one attached hydrogen (secondary N) is 1. The van der Waals surface area contributed by atoms with Gasteiger partial charge in [-0.2, -0.15) is 0 Å². The van der Waals surface area contributed by atoms with E-state index in [4.69, 9.17) is 33.2 Å². The molecule has 4 aliphatic rings. The summed E-state index contributed by atoms with van der Waals surface area (Å²) >= 11 is 0. The third kappa shape index (κ3) is 8.20. The summed E-state index contributed by atoms with van der Waals surface area (Å²) in [6, 6.07) is -1.36. The Bertz CT molecular complexity index is 1010. The highest BCUT2D eigenvalue weighted by atomic mass is 16.8. The number of hydrogen-bond acceptors (Lipinski definition) is 20. The first-order chi connectivity index (χ1) is 22.1. The van der Waals surface area contributed by atoms with Crippen LogP contribution in [0.4, 0.5) is 0 Å². The van der Waals surface area contributed by atoms with Crippen molar-refractivity contribution >= 4 is 5.91 Å². The molecule has 4 fully saturated rings. The lowest BCUT2D eigenvalue weighted by molar-refractivity contribution is -0.384. The first-order valence-electron chi connectivity index (χ1n) is 14.9. The molecule has 0 aromatic heterocycles. The SMILES string of the molecule is CC(=O)N[C@H]1[C@H](OC[C@H]2O[C@@H](O[C@H]3[C@H](O[C@@H]4O[C@@H](C)[C@@H](O)[C@@H](O)[C@@H]4O)[C@@H](O)C(O)O[C@@H]3CO)[C@H](O)[C@@H](O)[C@H]2O)O[C@H](CO)[C@@H](O)[C@@H]1O. The zero-order valence-electron chi connectivity index (χ0n) is 25.3. The minimum Gasteiger partial charge on any atom is -0.394 e. The molecule has 0 aromatic carbocycles. The molecule has 4 heterocycles. The van der Waals surface area contributed by atoms with Crippen molar-refractivity contribution in [3.05, 3.63) is 0 Å². The van der Waals surface area contributed by atoms with E-state index in [0.717, 1.165) is 6.92 Å². The van der Waals surface area contributed by atoms with Crippen LogP contribution >= 0.6 is 0 Å². The standard InChI is InChI=1S/C26H45NO20/c1-6-12(31)16(35)18(37)25(42-6)47-22-20(39)23(40)43-9(4-29)21(22)46-26-19(38)17(36)14(33)10(45-26)5-41-24-11(27-7(2)30)15(34)13(32)8(3-28)44-24/h6,8-26,28-29,31-40H,3-5H2,1-2H3,(H,27,30)/t6-,8+,9+,10+,11+,12+,13+,14-,15+,16+,17-,18-,19+,20+,21+,22+,23?,24+,25-,26-/m0/s1. The fraction of sp³-hybridized carbons (Fsp3) is 0.962. The summed E-state index contributed by atoms with van der Waals surface area (Å²) in [6.45, 7) is 0.204. The van der Waals surface area contributed by atoms with E-state index in [2.05, 4.69) is 5.32 Å². The van der Waals surface area contributed by atoms with E-state index in [1.54, 1.807) is 0 Å². The normalized spacial score (nSPS) is 51.0. The van der Waals surface area contributed by atoms with Crippen molar-refractivity contribution in [2.75, 3.05) is 19.8 Å². The molecule has 0 spiro atoms. The van der Waals surface area contributed by atoms with E-state index in [0.29, 0.717) is 0 Å². The number of aliphatic hydroxyl groups is 12. The monoisotopic (exact) mass is 691 g/mol. The summed E-state index contributed by atoms with van der Waals surface area (Å²) in [4.78, 5) is 11.7. The topological polar surface area (TPSA) is 336 Å². The van der Waals surface area contributed by atoms with E-state index >= 15 is 0 Å². The number of carbonyl (C=O) groups is 1. The fourth-order valence-electron chi connectivity index (χ4n) is 5.78. The molecule has 47 heavy (non-hydrogen) atoms. The van der Waals surface area contributed by atoms with Gasteiger partial charge in [-0.15, -0.1) is 0 Å². The highest BCUT2D eigenvalue weighted by molar-refractivity contribution is 5.73. The van der Waals surface area contributed by atoms with Crippen molar-refractivity contribution in [2.45, 2.75) is 137 Å². The largest absolute Gasteiger partial charge is 0.394 e. The van der Waals surface area contributed by atoms with Crippen LogP contribution in [0.25, 0.3) is 0 Å². The fourth-order valence-corrected chi connectivity index (χ4v) is 5.78. The molecule has 0 saturated carbocycles. The smallest absolute Gasteiger partial charge is 0.217 e. The highest BCUT2D eigenvalue weighted by Crippen LogP contribution is 2.33. The van der Waals surface area contributed by atoms with Crippen LogP contribution in [0.2, 0.25) is 0 Å². The second kappa shape index (κ2) is 16.2. The molecule has 13 N–H and O–H groups in total. The van der Waals surface area contributed by atoms with E-state index < -0.39 is 148 Å². The molecule has 4 rings (SSSR count). The Hall–Kier alpha value is -1.29. The van der Waals surface area contributed by atoms with Crippen molar-refractivity contribution in [1.82, 2.24) is 5.32 Å². The molecule has 20 atom stereocenters. The van der Waals surface area contributed by atoms with Crippen LogP contribution < -0.4 is 5.32 Å². The van der Waals surface area contributed by atoms with Gasteiger partial charge in [-0.05, 0) is 6.92 Å². The van der Waals surface area contributed by atoms with E-state index in [1.807, 2.05) is 0 Å². The van der Waals surface area contributed by atoms with Crippen LogP contribution in [0.15, 0.2) is 0 Å². The van der Waals surface area contributed by atoms with Gasteiger partial charge in [0.15, 0.2) is 25.2 Å². The summed E-state index contributed by atoms with van der Waals surface area (Å²) < 4.78 is 38.8. The number of aliphatic hydroxyl groups excluding tert-OH is 12. The minimum atomic E-state index is -1.99. The van der Waals surface area contributed by atoms with Gasteiger partial charge >= 0.3 is 0 Å². The molecular weight excluding hydrogens is 646 g/mol. The zero-order valence-corrected chi connectivity index (χ0v) is 25.3. The summed E-state index contributed by atoms with van der Waals surface area (Å²) in [5.41, 5.74) is 0. The maximum Gasteiger partial charge on any atom is 0.217 e. The van der Waals surface area contributed by atoms with Crippen LogP contribution in [-0.4, -0.2) is 210 Å². The van der Waals surface area contributed by atoms with E-state index in [-0.39, 0.29) is 0 Å². The Morgan fingerprint density at radius 3 is 1.72 bits per heavy atom. The highest BCUT2D eigenvalue weighted by Gasteiger charge is 2.54. The molecule has 21 heteroatoms.